The van der Waals surface area contributed by atoms with Gasteiger partial charge in [-0.05, 0) is 30.7 Å². The summed E-state index contributed by atoms with van der Waals surface area (Å²) in [5.41, 5.74) is 1.77. The number of hydrogen-bond donors (Lipinski definition) is 1. The zero-order valence-electron chi connectivity index (χ0n) is 9.40. The molecule has 0 spiro atoms. The van der Waals surface area contributed by atoms with Crippen LogP contribution in [0, 0.1) is 0 Å². The van der Waals surface area contributed by atoms with Crippen LogP contribution in [0.15, 0.2) is 36.7 Å². The lowest BCUT2D eigenvalue weighted by Crippen LogP contribution is -1.98. The molecule has 17 heavy (non-hydrogen) atoms. The molecule has 4 heteroatoms. The predicted molar refractivity (Wildman–Crippen MR) is 70.6 cm³/mol. The van der Waals surface area contributed by atoms with Crippen molar-refractivity contribution in [3.63, 3.8) is 0 Å². The lowest BCUT2D eigenvalue weighted by Gasteiger charge is -2.08. The van der Waals surface area contributed by atoms with Crippen LogP contribution in [0.1, 0.15) is 24.2 Å². The van der Waals surface area contributed by atoms with Crippen molar-refractivity contribution in [1.29, 1.82) is 0 Å². The average Bonchev–Trinajstić information content (AvgIpc) is 2.72. The monoisotopic (exact) mass is 269 g/mol. The topological polar surface area (TPSA) is 25.2 Å². The van der Waals surface area contributed by atoms with Gasteiger partial charge in [0.05, 0.1) is 6.10 Å². The average molecular weight is 270 g/mol. The van der Waals surface area contributed by atoms with Crippen LogP contribution in [0.4, 0.5) is 0 Å². The fourth-order valence-electron chi connectivity index (χ4n) is 1.67. The summed E-state index contributed by atoms with van der Waals surface area (Å²) in [4.78, 5) is 0. The summed E-state index contributed by atoms with van der Waals surface area (Å²) in [5, 5.41) is 10.8. The van der Waals surface area contributed by atoms with Gasteiger partial charge in [-0.15, -0.1) is 0 Å². The van der Waals surface area contributed by atoms with Crippen LogP contribution in [-0.2, 0) is 6.54 Å². The highest BCUT2D eigenvalue weighted by atomic mass is 35.5. The number of halogens is 2. The zero-order valence-corrected chi connectivity index (χ0v) is 10.9. The molecule has 0 aliphatic heterocycles. The summed E-state index contributed by atoms with van der Waals surface area (Å²) >= 11 is 12.2. The molecule has 0 amide bonds. The Morgan fingerprint density at radius 2 is 1.88 bits per heavy atom. The van der Waals surface area contributed by atoms with Crippen molar-refractivity contribution in [2.45, 2.75) is 19.6 Å². The Bertz CT molecular complexity index is 500. The van der Waals surface area contributed by atoms with Crippen molar-refractivity contribution >= 4 is 23.2 Å². The Morgan fingerprint density at radius 3 is 2.41 bits per heavy atom. The highest BCUT2D eigenvalue weighted by Crippen LogP contribution is 2.25. The lowest BCUT2D eigenvalue weighted by atomic mass is 10.2. The van der Waals surface area contributed by atoms with Gasteiger partial charge in [0.1, 0.15) is 0 Å². The molecule has 1 N–H and O–H groups in total. The summed E-state index contributed by atoms with van der Waals surface area (Å²) in [7, 11) is 0. The maximum Gasteiger partial charge on any atom is 0.0776 e. The SMILES string of the molecule is CC(O)c1ccn(Cc2c(Cl)cccc2Cl)c1. The molecular weight excluding hydrogens is 257 g/mol. The van der Waals surface area contributed by atoms with E-state index >= 15 is 0 Å². The molecule has 0 saturated heterocycles. The second kappa shape index (κ2) is 5.13. The third-order valence-electron chi connectivity index (χ3n) is 2.66. The molecule has 90 valence electrons. The van der Waals surface area contributed by atoms with Gasteiger partial charge >= 0.3 is 0 Å². The third-order valence-corrected chi connectivity index (χ3v) is 3.37. The van der Waals surface area contributed by atoms with Gasteiger partial charge in [0.15, 0.2) is 0 Å². The Kier molecular flexibility index (Phi) is 3.77. The molecule has 1 aromatic carbocycles. The Labute approximate surface area is 110 Å². The predicted octanol–water partition coefficient (Wildman–Crippen LogP) is 3.90. The number of nitrogens with zero attached hydrogens (tertiary/aromatic N) is 1. The van der Waals surface area contributed by atoms with E-state index in [1.54, 1.807) is 6.92 Å². The second-order valence-corrected chi connectivity index (χ2v) is 4.81. The second-order valence-electron chi connectivity index (χ2n) is 3.99. The molecular formula is C13H13Cl2NO. The van der Waals surface area contributed by atoms with E-state index in [1.807, 2.05) is 41.2 Å². The van der Waals surface area contributed by atoms with Crippen LogP contribution in [0.2, 0.25) is 10.0 Å². The lowest BCUT2D eigenvalue weighted by molar-refractivity contribution is 0.199. The first-order valence-electron chi connectivity index (χ1n) is 5.34. The van der Waals surface area contributed by atoms with Crippen molar-refractivity contribution in [2.75, 3.05) is 0 Å². The number of hydrogen-bond acceptors (Lipinski definition) is 1. The van der Waals surface area contributed by atoms with E-state index in [2.05, 4.69) is 0 Å². The highest BCUT2D eigenvalue weighted by Gasteiger charge is 2.07. The minimum Gasteiger partial charge on any atom is -0.389 e. The molecule has 1 heterocycles. The van der Waals surface area contributed by atoms with Gasteiger partial charge in [0.25, 0.3) is 0 Å². The molecule has 0 bridgehead atoms. The summed E-state index contributed by atoms with van der Waals surface area (Å²) in [6.07, 6.45) is 3.34. The van der Waals surface area contributed by atoms with Crippen LogP contribution < -0.4 is 0 Å². The first-order chi connectivity index (χ1) is 8.08. The van der Waals surface area contributed by atoms with Crippen LogP contribution >= 0.6 is 23.2 Å². The summed E-state index contributed by atoms with van der Waals surface area (Å²) in [6.45, 7) is 2.34. The standard InChI is InChI=1S/C13H13Cl2NO/c1-9(17)10-5-6-16(7-10)8-11-12(14)3-2-4-13(11)15/h2-7,9,17H,8H2,1H3. The van der Waals surface area contributed by atoms with Crippen molar-refractivity contribution in [1.82, 2.24) is 4.57 Å². The first-order valence-corrected chi connectivity index (χ1v) is 6.10. The summed E-state index contributed by atoms with van der Waals surface area (Å²) in [5.74, 6) is 0. The van der Waals surface area contributed by atoms with E-state index < -0.39 is 6.10 Å². The summed E-state index contributed by atoms with van der Waals surface area (Å²) in [6, 6.07) is 7.35. The smallest absolute Gasteiger partial charge is 0.0776 e. The van der Waals surface area contributed by atoms with Gasteiger partial charge in [-0.2, -0.15) is 0 Å². The van der Waals surface area contributed by atoms with E-state index in [4.69, 9.17) is 23.2 Å². The van der Waals surface area contributed by atoms with Crippen LogP contribution in [-0.4, -0.2) is 9.67 Å². The van der Waals surface area contributed by atoms with Gasteiger partial charge in [-0.25, -0.2) is 0 Å². The van der Waals surface area contributed by atoms with Crippen LogP contribution in [0.3, 0.4) is 0 Å². The number of benzene rings is 1. The quantitative estimate of drug-likeness (QED) is 0.899. The van der Waals surface area contributed by atoms with Crippen LogP contribution in [0.5, 0.6) is 0 Å². The molecule has 0 aliphatic rings. The van der Waals surface area contributed by atoms with E-state index in [1.165, 1.54) is 0 Å². The van der Waals surface area contributed by atoms with Gasteiger partial charge in [0, 0.05) is 34.5 Å². The van der Waals surface area contributed by atoms with Crippen molar-refractivity contribution < 1.29 is 5.11 Å². The van der Waals surface area contributed by atoms with Gasteiger partial charge in [-0.1, -0.05) is 29.3 Å². The molecule has 2 rings (SSSR count). The van der Waals surface area contributed by atoms with Gasteiger partial charge < -0.3 is 9.67 Å². The van der Waals surface area contributed by atoms with Gasteiger partial charge in [0.2, 0.25) is 0 Å². The Hall–Kier alpha value is -0.960. The summed E-state index contributed by atoms with van der Waals surface area (Å²) < 4.78 is 1.95. The molecule has 0 saturated carbocycles. The maximum absolute atomic E-state index is 9.45. The highest BCUT2D eigenvalue weighted by molar-refractivity contribution is 6.35. The van der Waals surface area contributed by atoms with E-state index in [0.717, 1.165) is 11.1 Å². The minimum absolute atomic E-state index is 0.460. The fraction of sp³-hybridized carbons (Fsp3) is 0.231. The van der Waals surface area contributed by atoms with Crippen molar-refractivity contribution in [3.8, 4) is 0 Å². The number of aromatic nitrogens is 1. The molecule has 2 nitrogen and oxygen atoms in total. The van der Waals surface area contributed by atoms with E-state index in [0.29, 0.717) is 16.6 Å². The third kappa shape index (κ3) is 2.83. The van der Waals surface area contributed by atoms with Crippen molar-refractivity contribution in [2.24, 2.45) is 0 Å². The number of aliphatic hydroxyl groups excluding tert-OH is 1. The molecule has 1 aromatic heterocycles. The number of aliphatic hydroxyl groups is 1. The van der Waals surface area contributed by atoms with E-state index in [9.17, 15) is 5.11 Å². The first kappa shape index (κ1) is 12.5. The Morgan fingerprint density at radius 1 is 1.24 bits per heavy atom. The zero-order chi connectivity index (χ0) is 12.4. The minimum atomic E-state index is -0.460. The molecule has 0 radical (unpaired) electrons. The molecule has 1 unspecified atom stereocenters. The molecule has 0 aliphatic carbocycles. The van der Waals surface area contributed by atoms with E-state index in [-0.39, 0.29) is 0 Å². The van der Waals surface area contributed by atoms with Gasteiger partial charge in [-0.3, -0.25) is 0 Å². The normalized spacial score (nSPS) is 12.7. The maximum atomic E-state index is 9.45. The largest absolute Gasteiger partial charge is 0.389 e. The van der Waals surface area contributed by atoms with Crippen molar-refractivity contribution in [3.05, 3.63) is 57.8 Å². The molecule has 2 aromatic rings. The van der Waals surface area contributed by atoms with Crippen LogP contribution in [0.25, 0.3) is 0 Å². The fourth-order valence-corrected chi connectivity index (χ4v) is 2.19. The Balaban J connectivity index is 2.25. The number of rotatable bonds is 3. The molecule has 0 fully saturated rings. The molecule has 1 atom stereocenters.